The number of anilines is 1. The molecule has 0 spiro atoms. The van der Waals surface area contributed by atoms with Crippen LogP contribution in [0.4, 0.5) is 5.69 Å². The lowest BCUT2D eigenvalue weighted by Gasteiger charge is -2.43. The second-order valence-corrected chi connectivity index (χ2v) is 12.4. The van der Waals surface area contributed by atoms with Crippen LogP contribution in [0.25, 0.3) is 0 Å². The van der Waals surface area contributed by atoms with Gasteiger partial charge in [-0.05, 0) is 61.3 Å². The van der Waals surface area contributed by atoms with E-state index in [4.69, 9.17) is 0 Å². The highest BCUT2D eigenvalue weighted by Gasteiger charge is 2.69. The highest BCUT2D eigenvalue weighted by molar-refractivity contribution is 8.00. The van der Waals surface area contributed by atoms with Crippen LogP contribution < -0.4 is 9.77 Å². The number of hydrogen-bond acceptors (Lipinski definition) is 5. The van der Waals surface area contributed by atoms with Gasteiger partial charge >= 0.3 is 4.87 Å². The summed E-state index contributed by atoms with van der Waals surface area (Å²) in [5.74, 6) is 0.0363. The van der Waals surface area contributed by atoms with Gasteiger partial charge in [0.15, 0.2) is 0 Å². The number of thiazole rings is 1. The van der Waals surface area contributed by atoms with Crippen LogP contribution in [0.1, 0.15) is 33.9 Å². The highest BCUT2D eigenvalue weighted by atomic mass is 32.2. The third-order valence-corrected chi connectivity index (χ3v) is 11.1. The summed E-state index contributed by atoms with van der Waals surface area (Å²) in [5, 5.41) is 1.18. The smallest absolute Gasteiger partial charge is 0.305 e. The number of rotatable bonds is 2. The van der Waals surface area contributed by atoms with E-state index in [9.17, 15) is 14.4 Å². The fraction of sp³-hybridized carbons (Fsp3) is 0.370. The summed E-state index contributed by atoms with van der Waals surface area (Å²) >= 11 is 3.05. The van der Waals surface area contributed by atoms with Gasteiger partial charge in [0.25, 0.3) is 0 Å². The summed E-state index contributed by atoms with van der Waals surface area (Å²) in [7, 11) is 0. The maximum Gasteiger partial charge on any atom is 0.305 e. The van der Waals surface area contributed by atoms with E-state index < -0.39 is 0 Å². The van der Waals surface area contributed by atoms with Crippen LogP contribution in [0.5, 0.6) is 0 Å². The topological polar surface area (TPSA) is 70.2 Å². The molecule has 2 amide bonds. The Hall–Kier alpha value is -2.64. The molecular formula is C27H24N2O3S2. The Labute approximate surface area is 205 Å². The molecule has 2 saturated carbocycles. The largest absolute Gasteiger partial charge is 0.307 e. The fourth-order valence-corrected chi connectivity index (χ4v) is 10.1. The molecule has 2 aliphatic carbocycles. The number of thioether (sulfide) groups is 1. The van der Waals surface area contributed by atoms with Crippen molar-refractivity contribution in [3.63, 3.8) is 0 Å². The minimum atomic E-state index is -0.260. The van der Waals surface area contributed by atoms with Gasteiger partial charge in [-0.3, -0.25) is 19.3 Å². The molecule has 3 aromatic rings. The molecule has 1 aromatic heterocycles. The Balaban J connectivity index is 1.34. The molecule has 2 aliphatic heterocycles. The fourth-order valence-electron chi connectivity index (χ4n) is 7.25. The van der Waals surface area contributed by atoms with Crippen molar-refractivity contribution >= 4 is 40.6 Å². The van der Waals surface area contributed by atoms with Crippen LogP contribution in [-0.2, 0) is 9.59 Å². The normalized spacial score (nSPS) is 33.2. The van der Waals surface area contributed by atoms with Gasteiger partial charge in [-0.1, -0.05) is 53.3 Å². The van der Waals surface area contributed by atoms with Crippen molar-refractivity contribution in [2.75, 3.05) is 4.90 Å². The van der Waals surface area contributed by atoms with Crippen molar-refractivity contribution in [3.8, 4) is 0 Å². The molecule has 172 valence electrons. The van der Waals surface area contributed by atoms with Crippen molar-refractivity contribution in [2.24, 2.45) is 29.6 Å². The van der Waals surface area contributed by atoms with Crippen LogP contribution in [0, 0.1) is 43.4 Å². The van der Waals surface area contributed by atoms with E-state index in [1.807, 2.05) is 37.3 Å². The number of nitrogens with one attached hydrogen (secondary N) is 1. The Morgan fingerprint density at radius 3 is 2.35 bits per heavy atom. The summed E-state index contributed by atoms with van der Waals surface area (Å²) in [6.07, 6.45) is 0.915. The number of hydrogen-bond donors (Lipinski definition) is 1. The predicted molar refractivity (Wildman–Crippen MR) is 133 cm³/mol. The second-order valence-electron chi connectivity index (χ2n) is 10.2. The quantitative estimate of drug-likeness (QED) is 0.530. The molecule has 3 heterocycles. The number of nitrogens with zero attached hydrogens (tertiary/aromatic N) is 1. The van der Waals surface area contributed by atoms with Gasteiger partial charge in [0.2, 0.25) is 11.8 Å². The summed E-state index contributed by atoms with van der Waals surface area (Å²) in [5.41, 5.74) is 4.24. The number of aryl methyl sites for hydroxylation is 2. The summed E-state index contributed by atoms with van der Waals surface area (Å²) in [6, 6.07) is 16.1. The monoisotopic (exact) mass is 488 g/mol. The van der Waals surface area contributed by atoms with Gasteiger partial charge in [0.1, 0.15) is 0 Å². The summed E-state index contributed by atoms with van der Waals surface area (Å²) in [6.45, 7) is 4.13. The van der Waals surface area contributed by atoms with Crippen LogP contribution in [0.15, 0.2) is 58.4 Å². The lowest BCUT2D eigenvalue weighted by atomic mass is 9.67. The van der Waals surface area contributed by atoms with Gasteiger partial charge in [-0.2, -0.15) is 0 Å². The standard InChI is InChI=1S/C27H24N2O3S2/c1-12-7-9-14(10-8-12)29-25(30)20-16-11-17(21(20)26(29)31)22-19(16)18(15-6-4-3-5-13(15)2)23-24(33-22)28-27(32)34-23/h3-10,16-22H,11H2,1-2H3,(H,28,32)/t16-,17+,18-,19+,20+,21+,22-/m1/s1. The number of aromatic nitrogens is 1. The van der Waals surface area contributed by atoms with Crippen molar-refractivity contribution in [1.82, 2.24) is 4.98 Å². The van der Waals surface area contributed by atoms with Gasteiger partial charge in [0.05, 0.1) is 22.5 Å². The first-order chi connectivity index (χ1) is 16.4. The van der Waals surface area contributed by atoms with Crippen molar-refractivity contribution in [3.05, 3.63) is 79.8 Å². The average Bonchev–Trinajstić information content (AvgIpc) is 3.54. The second kappa shape index (κ2) is 7.18. The average molecular weight is 489 g/mol. The summed E-state index contributed by atoms with van der Waals surface area (Å²) in [4.78, 5) is 45.4. The number of H-pyrrole nitrogens is 1. The molecule has 7 heteroatoms. The van der Waals surface area contributed by atoms with E-state index >= 15 is 0 Å². The number of carbonyl (C=O) groups excluding carboxylic acids is 2. The Bertz CT molecular complexity index is 1410. The van der Waals surface area contributed by atoms with E-state index in [1.165, 1.54) is 27.4 Å². The minimum Gasteiger partial charge on any atom is -0.307 e. The molecule has 7 atom stereocenters. The third-order valence-electron chi connectivity index (χ3n) is 8.54. The van der Waals surface area contributed by atoms with E-state index in [0.717, 1.165) is 21.9 Å². The molecule has 34 heavy (non-hydrogen) atoms. The van der Waals surface area contributed by atoms with Crippen LogP contribution in [0.2, 0.25) is 0 Å². The van der Waals surface area contributed by atoms with Crippen molar-refractivity contribution < 1.29 is 9.59 Å². The third kappa shape index (κ3) is 2.65. The van der Waals surface area contributed by atoms with E-state index in [-0.39, 0.29) is 57.4 Å². The van der Waals surface area contributed by atoms with E-state index in [2.05, 4.69) is 30.1 Å². The van der Waals surface area contributed by atoms with Crippen molar-refractivity contribution in [2.45, 2.75) is 36.5 Å². The molecule has 2 aromatic carbocycles. The number of imide groups is 1. The number of amides is 2. The zero-order valence-corrected chi connectivity index (χ0v) is 20.5. The Morgan fingerprint density at radius 1 is 0.912 bits per heavy atom. The van der Waals surface area contributed by atoms with Crippen molar-refractivity contribution in [1.29, 1.82) is 0 Å². The molecular weight excluding hydrogens is 464 g/mol. The molecule has 1 N–H and O–H groups in total. The van der Waals surface area contributed by atoms with Crippen LogP contribution >= 0.6 is 23.1 Å². The lowest BCUT2D eigenvalue weighted by molar-refractivity contribution is -0.123. The Kier molecular flexibility index (Phi) is 4.38. The SMILES string of the molecule is Cc1ccc(N2C(=O)[C@H]3[C@@H]4C[C@@H]([C@@H]3C2=O)[C@H]2[C@@H](c3ccccc3C)c3sc(=O)[nH]c3S[C@H]42)cc1. The summed E-state index contributed by atoms with van der Waals surface area (Å²) < 4.78 is 0. The number of fused-ring (bicyclic) bond motifs is 9. The molecule has 0 unspecified atom stereocenters. The molecule has 3 fully saturated rings. The van der Waals surface area contributed by atoms with Crippen LogP contribution in [-0.4, -0.2) is 22.0 Å². The molecule has 1 saturated heterocycles. The first-order valence-corrected chi connectivity index (χ1v) is 13.5. The highest BCUT2D eigenvalue weighted by Crippen LogP contribution is 2.68. The molecule has 2 bridgehead atoms. The number of benzene rings is 2. The van der Waals surface area contributed by atoms with E-state index in [0.29, 0.717) is 5.69 Å². The molecule has 7 rings (SSSR count). The van der Waals surface area contributed by atoms with E-state index in [1.54, 1.807) is 11.8 Å². The van der Waals surface area contributed by atoms with Gasteiger partial charge in [-0.25, -0.2) is 0 Å². The maximum atomic E-state index is 13.8. The minimum absolute atomic E-state index is 0.0266. The first-order valence-electron chi connectivity index (χ1n) is 11.8. The lowest BCUT2D eigenvalue weighted by Crippen LogP contribution is -2.42. The Morgan fingerprint density at radius 2 is 1.62 bits per heavy atom. The zero-order chi connectivity index (χ0) is 23.3. The predicted octanol–water partition coefficient (Wildman–Crippen LogP) is 4.73. The van der Waals surface area contributed by atoms with Gasteiger partial charge < -0.3 is 4.98 Å². The zero-order valence-electron chi connectivity index (χ0n) is 18.9. The molecule has 0 radical (unpaired) electrons. The molecule has 5 nitrogen and oxygen atoms in total. The maximum absolute atomic E-state index is 13.8. The number of aromatic amines is 1. The van der Waals surface area contributed by atoms with Crippen LogP contribution in [0.3, 0.4) is 0 Å². The first kappa shape index (κ1) is 20.7. The van der Waals surface area contributed by atoms with Gasteiger partial charge in [0, 0.05) is 16.0 Å². The van der Waals surface area contributed by atoms with Gasteiger partial charge in [-0.15, -0.1) is 11.8 Å². The number of carbonyl (C=O) groups is 2. The molecule has 4 aliphatic rings.